The number of hydrogen-bond donors (Lipinski definition) is 2. The second-order valence-corrected chi connectivity index (χ2v) is 11.0. The molecule has 0 aliphatic carbocycles. The van der Waals surface area contributed by atoms with E-state index in [-0.39, 0.29) is 18.9 Å². The van der Waals surface area contributed by atoms with Crippen molar-refractivity contribution in [3.8, 4) is 34.5 Å². The van der Waals surface area contributed by atoms with Crippen LogP contribution in [0.4, 0.5) is 0 Å². The third-order valence-electron chi connectivity index (χ3n) is 7.83. The summed E-state index contributed by atoms with van der Waals surface area (Å²) in [5.41, 5.74) is 2.99. The minimum atomic E-state index is -0.978. The fourth-order valence-corrected chi connectivity index (χ4v) is 5.47. The lowest BCUT2D eigenvalue weighted by molar-refractivity contribution is -0.151. The van der Waals surface area contributed by atoms with Crippen LogP contribution in [0.2, 0.25) is 0 Å². The summed E-state index contributed by atoms with van der Waals surface area (Å²) >= 11 is 0. The van der Waals surface area contributed by atoms with Gasteiger partial charge in [0.05, 0.1) is 42.0 Å². The monoisotopic (exact) mass is 727 g/mol. The van der Waals surface area contributed by atoms with Gasteiger partial charge >= 0.3 is 11.9 Å². The number of benzene rings is 3. The fourth-order valence-electron chi connectivity index (χ4n) is 5.47. The Morgan fingerprint density at radius 1 is 0.692 bits per heavy atom. The Balaban J connectivity index is 0.000000475. The molecule has 288 valence electrons. The maximum Gasteiger partial charge on any atom is 0.341 e. The molecule has 1 aliphatic rings. The van der Waals surface area contributed by atoms with Crippen LogP contribution in [0, 0.1) is 0 Å². The molecule has 1 aliphatic heterocycles. The number of carbonyl (C=O) groups is 3. The van der Waals surface area contributed by atoms with Crippen molar-refractivity contribution >= 4 is 17.8 Å². The molecule has 3 aromatic rings. The highest BCUT2D eigenvalue weighted by Crippen LogP contribution is 2.38. The summed E-state index contributed by atoms with van der Waals surface area (Å²) in [6.07, 6.45) is 5.00. The molecule has 3 aromatic carbocycles. The van der Waals surface area contributed by atoms with Crippen molar-refractivity contribution in [3.05, 3.63) is 71.3 Å². The number of piperidine rings is 1. The number of methoxy groups -OCH3 is 5. The average Bonchev–Trinajstić information content (AvgIpc) is 3.18. The third-order valence-corrected chi connectivity index (χ3v) is 7.83. The van der Waals surface area contributed by atoms with Gasteiger partial charge in [0.1, 0.15) is 11.8 Å². The molecule has 1 heterocycles. The molecule has 0 bridgehead atoms. The van der Waals surface area contributed by atoms with Gasteiger partial charge in [-0.3, -0.25) is 4.79 Å². The van der Waals surface area contributed by atoms with Gasteiger partial charge in [-0.15, -0.1) is 0 Å². The van der Waals surface area contributed by atoms with E-state index in [9.17, 15) is 19.5 Å². The summed E-state index contributed by atoms with van der Waals surface area (Å²) < 4.78 is 31.6. The van der Waals surface area contributed by atoms with E-state index in [1.54, 1.807) is 32.4 Å². The number of aliphatic carboxylic acids is 2. The van der Waals surface area contributed by atoms with Gasteiger partial charge in [-0.1, -0.05) is 45.9 Å². The van der Waals surface area contributed by atoms with Gasteiger partial charge in [0.15, 0.2) is 29.6 Å². The minimum absolute atomic E-state index is 0.0838. The molecule has 4 rings (SSSR count). The first-order chi connectivity index (χ1) is 25.1. The number of amides is 1. The van der Waals surface area contributed by atoms with Crippen molar-refractivity contribution in [2.75, 3.05) is 48.7 Å². The molecular weight excluding hydrogens is 670 g/mol. The predicted octanol–water partition coefficient (Wildman–Crippen LogP) is 7.12. The van der Waals surface area contributed by atoms with Crippen molar-refractivity contribution < 1.29 is 53.0 Å². The lowest BCUT2D eigenvalue weighted by atomic mass is 10.0. The highest BCUT2D eigenvalue weighted by Gasteiger charge is 2.32. The zero-order chi connectivity index (χ0) is 39.1. The van der Waals surface area contributed by atoms with E-state index in [4.69, 9.17) is 33.5 Å². The van der Waals surface area contributed by atoms with Crippen LogP contribution in [0.1, 0.15) is 70.1 Å². The molecule has 0 aromatic heterocycles. The summed E-state index contributed by atoms with van der Waals surface area (Å²) in [6, 6.07) is 16.2. The largest absolute Gasteiger partial charge is 0.493 e. The highest BCUT2D eigenvalue weighted by atomic mass is 16.5. The first-order valence-corrected chi connectivity index (χ1v) is 17.6. The van der Waals surface area contributed by atoms with Crippen LogP contribution in [0.3, 0.4) is 0 Å². The van der Waals surface area contributed by atoms with E-state index in [1.165, 1.54) is 31.8 Å². The topological polar surface area (TPSA) is 150 Å². The summed E-state index contributed by atoms with van der Waals surface area (Å²) in [5.74, 6) is 1.29. The number of aryl methyl sites for hydroxylation is 2. The highest BCUT2D eigenvalue weighted by molar-refractivity contribution is 5.85. The number of hydrogen-bond acceptors (Lipinski definition) is 9. The summed E-state index contributed by atoms with van der Waals surface area (Å²) in [6.45, 7) is 8.15. The second-order valence-electron chi connectivity index (χ2n) is 11.0. The normalized spacial score (nSPS) is 12.9. The maximum atomic E-state index is 12.6. The van der Waals surface area contributed by atoms with E-state index >= 15 is 0 Å². The van der Waals surface area contributed by atoms with Gasteiger partial charge in [0.2, 0.25) is 11.7 Å². The lowest BCUT2D eigenvalue weighted by Crippen LogP contribution is -2.48. The lowest BCUT2D eigenvalue weighted by Gasteiger charge is -2.33. The number of ether oxygens (including phenoxy) is 6. The van der Waals surface area contributed by atoms with Gasteiger partial charge < -0.3 is 43.5 Å². The maximum absolute atomic E-state index is 12.6. The average molecular weight is 728 g/mol. The van der Waals surface area contributed by atoms with Crippen LogP contribution >= 0.6 is 0 Å². The molecule has 1 amide bonds. The third kappa shape index (κ3) is 14.2. The van der Waals surface area contributed by atoms with Crippen LogP contribution in [0.5, 0.6) is 34.5 Å². The standard InChI is InChI=1S/C19H22O5.C17H23NO6.2C2H6/c1-22-17-10-9-15(12-18(17)23-2)6-3-5-14-7-4-8-16(11-14)24-13-19(20)21;1-22-13-8-11(9-14(23-2)16(13)24-3)10-15(19)18-7-5-4-6-12(18)17(20)21;2*1-2/h4,7-12H,3,5-6,13H2,1-2H3,(H,20,21);8-9,12H,4-7,10H2,1-3H3,(H,20,21);2*1-2H3. The summed E-state index contributed by atoms with van der Waals surface area (Å²) in [4.78, 5) is 35.9. The Hall–Kier alpha value is -5.13. The van der Waals surface area contributed by atoms with E-state index in [0.29, 0.717) is 41.5 Å². The molecule has 1 saturated heterocycles. The SMILES string of the molecule is CC.CC.COc1cc(CC(=O)N2CCCCC2C(=O)O)cc(OC)c1OC.COc1ccc(CCCc2cccc(OCC(=O)O)c2)cc1OC. The van der Waals surface area contributed by atoms with Crippen molar-refractivity contribution in [1.82, 2.24) is 4.90 Å². The number of carboxylic acids is 2. The van der Waals surface area contributed by atoms with Gasteiger partial charge in [0.25, 0.3) is 0 Å². The van der Waals surface area contributed by atoms with Gasteiger partial charge in [-0.25, -0.2) is 9.59 Å². The molecule has 2 N–H and O–H groups in total. The molecule has 0 saturated carbocycles. The van der Waals surface area contributed by atoms with Crippen molar-refractivity contribution in [2.24, 2.45) is 0 Å². The molecule has 12 heteroatoms. The summed E-state index contributed by atoms with van der Waals surface area (Å²) in [5, 5.41) is 18.0. The van der Waals surface area contributed by atoms with E-state index < -0.39 is 18.0 Å². The van der Waals surface area contributed by atoms with Crippen molar-refractivity contribution in [3.63, 3.8) is 0 Å². The Morgan fingerprint density at radius 2 is 1.27 bits per heavy atom. The smallest absolute Gasteiger partial charge is 0.341 e. The zero-order valence-electron chi connectivity index (χ0n) is 32.2. The molecule has 52 heavy (non-hydrogen) atoms. The minimum Gasteiger partial charge on any atom is -0.493 e. The zero-order valence-corrected chi connectivity index (χ0v) is 32.2. The van der Waals surface area contributed by atoms with Crippen LogP contribution in [0.25, 0.3) is 0 Å². The fraction of sp³-hybridized carbons (Fsp3) is 0.475. The Bertz CT molecular complexity index is 1500. The van der Waals surface area contributed by atoms with Crippen molar-refractivity contribution in [2.45, 2.75) is 78.7 Å². The molecule has 1 unspecified atom stereocenters. The second kappa shape index (κ2) is 24.9. The number of likely N-dealkylation sites (tertiary alicyclic amines) is 1. The quantitative estimate of drug-likeness (QED) is 0.165. The number of rotatable bonds is 15. The molecular formula is C40H57NO11. The summed E-state index contributed by atoms with van der Waals surface area (Å²) in [7, 11) is 7.78. The molecule has 12 nitrogen and oxygen atoms in total. The number of nitrogens with zero attached hydrogens (tertiary/aromatic N) is 1. The van der Waals surface area contributed by atoms with E-state index in [0.717, 1.165) is 49.2 Å². The Kier molecular flexibility index (Phi) is 21.5. The van der Waals surface area contributed by atoms with Crippen LogP contribution in [-0.4, -0.2) is 87.7 Å². The van der Waals surface area contributed by atoms with Gasteiger partial charge in [-0.2, -0.15) is 0 Å². The predicted molar refractivity (Wildman–Crippen MR) is 201 cm³/mol. The van der Waals surface area contributed by atoms with Gasteiger partial charge in [-0.05, 0) is 91.6 Å². The van der Waals surface area contributed by atoms with Crippen LogP contribution in [-0.2, 0) is 33.6 Å². The molecule has 1 atom stereocenters. The first-order valence-electron chi connectivity index (χ1n) is 17.6. The number of carbonyl (C=O) groups excluding carboxylic acids is 1. The molecule has 1 fully saturated rings. The van der Waals surface area contributed by atoms with Crippen LogP contribution in [0.15, 0.2) is 54.6 Å². The van der Waals surface area contributed by atoms with Gasteiger partial charge in [0, 0.05) is 6.54 Å². The van der Waals surface area contributed by atoms with Crippen molar-refractivity contribution in [1.29, 1.82) is 0 Å². The Labute approximate surface area is 308 Å². The molecule has 0 spiro atoms. The molecule has 0 radical (unpaired) electrons. The first kappa shape index (κ1) is 44.9. The van der Waals surface area contributed by atoms with E-state index in [2.05, 4.69) is 0 Å². The van der Waals surface area contributed by atoms with E-state index in [1.807, 2.05) is 64.1 Å². The Morgan fingerprint density at radius 3 is 1.81 bits per heavy atom. The van der Waals surface area contributed by atoms with Crippen LogP contribution < -0.4 is 28.4 Å². The number of carboxylic acid groups (broad SMARTS) is 2.